The Labute approximate surface area is 107 Å². The predicted octanol–water partition coefficient (Wildman–Crippen LogP) is 3.34. The van der Waals surface area contributed by atoms with E-state index in [9.17, 15) is 8.78 Å². The molecule has 1 aromatic rings. The van der Waals surface area contributed by atoms with Crippen molar-refractivity contribution in [2.75, 3.05) is 25.0 Å². The van der Waals surface area contributed by atoms with E-state index in [4.69, 9.17) is 0 Å². The van der Waals surface area contributed by atoms with Crippen molar-refractivity contribution in [3.05, 3.63) is 29.3 Å². The first kappa shape index (κ1) is 13.3. The first-order valence-electron chi connectivity index (χ1n) is 6.50. The lowest BCUT2D eigenvalue weighted by Gasteiger charge is -2.23. The Morgan fingerprint density at radius 3 is 2.67 bits per heavy atom. The molecule has 2 nitrogen and oxygen atoms in total. The summed E-state index contributed by atoms with van der Waals surface area (Å²) < 4.78 is 25.1. The normalized spacial score (nSPS) is 17.1. The molecule has 0 unspecified atom stereocenters. The largest absolute Gasteiger partial charge is 0.385 e. The zero-order valence-corrected chi connectivity index (χ0v) is 10.7. The van der Waals surface area contributed by atoms with Crippen LogP contribution in [0.4, 0.5) is 14.5 Å². The highest BCUT2D eigenvalue weighted by Crippen LogP contribution is 2.24. The highest BCUT2D eigenvalue weighted by atomic mass is 19.3. The number of hydrogen-bond acceptors (Lipinski definition) is 2. The van der Waals surface area contributed by atoms with E-state index in [0.717, 1.165) is 30.9 Å². The first-order chi connectivity index (χ1) is 8.66. The lowest BCUT2D eigenvalue weighted by molar-refractivity contribution is 0.151. The zero-order valence-electron chi connectivity index (χ0n) is 10.7. The molecule has 18 heavy (non-hydrogen) atoms. The average Bonchev–Trinajstić information content (AvgIpc) is 2.38. The third kappa shape index (κ3) is 3.42. The van der Waals surface area contributed by atoms with E-state index in [1.54, 1.807) is 12.1 Å². The van der Waals surface area contributed by atoms with Crippen molar-refractivity contribution in [3.8, 4) is 0 Å². The molecule has 1 aromatic carbocycles. The second kappa shape index (κ2) is 6.14. The zero-order chi connectivity index (χ0) is 13.0. The maximum absolute atomic E-state index is 12.5. The molecule has 0 amide bonds. The molecule has 100 valence electrons. The molecule has 2 rings (SSSR count). The SMILES string of the molecule is Cc1cc(C(F)F)ccc1NCC1CCNCC1. The number of hydrogen-bond donors (Lipinski definition) is 2. The molecule has 4 heteroatoms. The second-order valence-electron chi connectivity index (χ2n) is 4.95. The molecule has 1 saturated heterocycles. The summed E-state index contributed by atoms with van der Waals surface area (Å²) in [6.07, 6.45) is -0.0235. The summed E-state index contributed by atoms with van der Waals surface area (Å²) in [6.45, 7) is 4.96. The molecule has 0 bridgehead atoms. The van der Waals surface area contributed by atoms with Gasteiger partial charge >= 0.3 is 0 Å². The molecule has 0 radical (unpaired) electrons. The Balaban J connectivity index is 1.92. The maximum atomic E-state index is 12.5. The smallest absolute Gasteiger partial charge is 0.263 e. The van der Waals surface area contributed by atoms with Crippen molar-refractivity contribution >= 4 is 5.69 Å². The standard InChI is InChI=1S/C14H20F2N2/c1-10-8-12(14(15)16)2-3-13(10)18-9-11-4-6-17-7-5-11/h2-3,8,11,14,17-18H,4-7,9H2,1H3. The summed E-state index contributed by atoms with van der Waals surface area (Å²) in [4.78, 5) is 0. The molecular formula is C14H20F2N2. The molecule has 0 aromatic heterocycles. The van der Waals surface area contributed by atoms with Crippen LogP contribution >= 0.6 is 0 Å². The quantitative estimate of drug-likeness (QED) is 0.861. The minimum absolute atomic E-state index is 0.0971. The molecular weight excluding hydrogens is 234 g/mol. The number of aryl methyl sites for hydroxylation is 1. The summed E-state index contributed by atoms with van der Waals surface area (Å²) in [5.41, 5.74) is 1.96. The third-order valence-electron chi connectivity index (χ3n) is 3.54. The van der Waals surface area contributed by atoms with Gasteiger partial charge in [-0.05, 0) is 56.5 Å². The van der Waals surface area contributed by atoms with Crippen molar-refractivity contribution in [2.24, 2.45) is 5.92 Å². The van der Waals surface area contributed by atoms with Gasteiger partial charge in [0.1, 0.15) is 0 Å². The lowest BCUT2D eigenvalue weighted by Crippen LogP contribution is -2.31. The minimum Gasteiger partial charge on any atom is -0.385 e. The van der Waals surface area contributed by atoms with Gasteiger partial charge in [-0.25, -0.2) is 8.78 Å². The van der Waals surface area contributed by atoms with Crippen LogP contribution < -0.4 is 10.6 Å². The summed E-state index contributed by atoms with van der Waals surface area (Å²) >= 11 is 0. The molecule has 0 saturated carbocycles. The number of nitrogens with one attached hydrogen (secondary N) is 2. The van der Waals surface area contributed by atoms with E-state index in [1.807, 2.05) is 6.92 Å². The molecule has 1 heterocycles. The van der Waals surface area contributed by atoms with Crippen LogP contribution in [0.1, 0.15) is 30.4 Å². The molecule has 0 aliphatic carbocycles. The van der Waals surface area contributed by atoms with Crippen molar-refractivity contribution in [1.82, 2.24) is 5.32 Å². The van der Waals surface area contributed by atoms with Crippen LogP contribution in [0.5, 0.6) is 0 Å². The van der Waals surface area contributed by atoms with Crippen LogP contribution in [-0.2, 0) is 0 Å². The fraction of sp³-hybridized carbons (Fsp3) is 0.571. The fourth-order valence-electron chi connectivity index (χ4n) is 2.36. The van der Waals surface area contributed by atoms with E-state index in [2.05, 4.69) is 10.6 Å². The van der Waals surface area contributed by atoms with Crippen LogP contribution in [-0.4, -0.2) is 19.6 Å². The van der Waals surface area contributed by atoms with Crippen LogP contribution in [0.2, 0.25) is 0 Å². The number of piperidine rings is 1. The summed E-state index contributed by atoms with van der Waals surface area (Å²) in [6, 6.07) is 4.83. The first-order valence-corrected chi connectivity index (χ1v) is 6.50. The van der Waals surface area contributed by atoms with Crippen LogP contribution in [0.25, 0.3) is 0 Å². The molecule has 2 N–H and O–H groups in total. The van der Waals surface area contributed by atoms with Gasteiger partial charge in [0.2, 0.25) is 0 Å². The van der Waals surface area contributed by atoms with Gasteiger partial charge < -0.3 is 10.6 Å². The minimum atomic E-state index is -2.39. The topological polar surface area (TPSA) is 24.1 Å². The van der Waals surface area contributed by atoms with Gasteiger partial charge in [-0.2, -0.15) is 0 Å². The van der Waals surface area contributed by atoms with Crippen LogP contribution in [0, 0.1) is 12.8 Å². The van der Waals surface area contributed by atoms with Crippen LogP contribution in [0.15, 0.2) is 18.2 Å². The highest BCUT2D eigenvalue weighted by Gasteiger charge is 2.13. The number of benzene rings is 1. The molecule has 1 fully saturated rings. The summed E-state index contributed by atoms with van der Waals surface area (Å²) in [5.74, 6) is 0.681. The number of halogens is 2. The molecule has 1 aliphatic heterocycles. The number of alkyl halides is 2. The van der Waals surface area contributed by atoms with Gasteiger partial charge in [0.15, 0.2) is 0 Å². The van der Waals surface area contributed by atoms with Gasteiger partial charge in [0.25, 0.3) is 6.43 Å². The molecule has 1 aliphatic rings. The Bertz CT molecular complexity index is 387. The fourth-order valence-corrected chi connectivity index (χ4v) is 2.36. The Morgan fingerprint density at radius 1 is 1.33 bits per heavy atom. The second-order valence-corrected chi connectivity index (χ2v) is 4.95. The van der Waals surface area contributed by atoms with Gasteiger partial charge in [0.05, 0.1) is 0 Å². The number of anilines is 1. The molecule has 0 spiro atoms. The molecule has 0 atom stereocenters. The van der Waals surface area contributed by atoms with E-state index < -0.39 is 6.43 Å². The average molecular weight is 254 g/mol. The van der Waals surface area contributed by atoms with Crippen LogP contribution in [0.3, 0.4) is 0 Å². The van der Waals surface area contributed by atoms with Crippen molar-refractivity contribution in [1.29, 1.82) is 0 Å². The van der Waals surface area contributed by atoms with E-state index in [-0.39, 0.29) is 5.56 Å². The maximum Gasteiger partial charge on any atom is 0.263 e. The summed E-state index contributed by atoms with van der Waals surface area (Å²) in [7, 11) is 0. The third-order valence-corrected chi connectivity index (χ3v) is 3.54. The Hall–Kier alpha value is -1.16. The van der Waals surface area contributed by atoms with Gasteiger partial charge in [-0.15, -0.1) is 0 Å². The van der Waals surface area contributed by atoms with Gasteiger partial charge in [-0.3, -0.25) is 0 Å². The lowest BCUT2D eigenvalue weighted by atomic mass is 9.98. The van der Waals surface area contributed by atoms with E-state index in [0.29, 0.717) is 5.92 Å². The number of rotatable bonds is 4. The summed E-state index contributed by atoms with van der Waals surface area (Å²) in [5, 5.41) is 6.71. The van der Waals surface area contributed by atoms with E-state index >= 15 is 0 Å². The predicted molar refractivity (Wildman–Crippen MR) is 70.2 cm³/mol. The van der Waals surface area contributed by atoms with Crippen molar-refractivity contribution in [3.63, 3.8) is 0 Å². The monoisotopic (exact) mass is 254 g/mol. The van der Waals surface area contributed by atoms with E-state index in [1.165, 1.54) is 18.9 Å². The van der Waals surface area contributed by atoms with Crippen molar-refractivity contribution in [2.45, 2.75) is 26.2 Å². The van der Waals surface area contributed by atoms with Crippen molar-refractivity contribution < 1.29 is 8.78 Å². The highest BCUT2D eigenvalue weighted by molar-refractivity contribution is 5.52. The Morgan fingerprint density at radius 2 is 2.06 bits per heavy atom. The van der Waals surface area contributed by atoms with Gasteiger partial charge in [0, 0.05) is 17.8 Å². The Kier molecular flexibility index (Phi) is 4.53. The van der Waals surface area contributed by atoms with Gasteiger partial charge in [-0.1, -0.05) is 6.07 Å².